The lowest BCUT2D eigenvalue weighted by Crippen LogP contribution is -2.32. The van der Waals surface area contributed by atoms with Crippen LogP contribution in [-0.2, 0) is 21.2 Å². The molecule has 0 spiro atoms. The van der Waals surface area contributed by atoms with Gasteiger partial charge in [-0.2, -0.15) is 0 Å². The molecule has 0 aromatic heterocycles. The van der Waals surface area contributed by atoms with Crippen LogP contribution < -0.4 is 10.0 Å². The Morgan fingerprint density at radius 3 is 2.45 bits per heavy atom. The normalized spacial score (nSPS) is 19.6. The van der Waals surface area contributed by atoms with Crippen LogP contribution in [0.25, 0.3) is 0 Å². The molecule has 1 aliphatic rings. The fourth-order valence-corrected chi connectivity index (χ4v) is 3.10. The second-order valence-electron chi connectivity index (χ2n) is 5.19. The predicted molar refractivity (Wildman–Crippen MR) is 78.9 cm³/mol. The standard InChI is InChI=1S/C14H20N2O3S/c1-2-3-4-11-5-7-12(8-6-11)16-10-13(9-14(16)17)20(15,18)19/h5-8,13H,2-4,9-10H2,1H3,(H2,15,18,19). The summed E-state index contributed by atoms with van der Waals surface area (Å²) in [6, 6.07) is 7.72. The van der Waals surface area contributed by atoms with E-state index in [-0.39, 0.29) is 18.9 Å². The number of carbonyl (C=O) groups is 1. The van der Waals surface area contributed by atoms with Gasteiger partial charge in [0, 0.05) is 18.7 Å². The molecule has 1 unspecified atom stereocenters. The van der Waals surface area contributed by atoms with Gasteiger partial charge in [-0.3, -0.25) is 4.79 Å². The fraction of sp³-hybridized carbons (Fsp3) is 0.500. The van der Waals surface area contributed by atoms with Crippen LogP contribution in [0.4, 0.5) is 5.69 Å². The van der Waals surface area contributed by atoms with Crippen molar-refractivity contribution in [1.29, 1.82) is 0 Å². The minimum atomic E-state index is -3.66. The molecular weight excluding hydrogens is 276 g/mol. The van der Waals surface area contributed by atoms with Crippen LogP contribution in [0.15, 0.2) is 24.3 Å². The van der Waals surface area contributed by atoms with Gasteiger partial charge >= 0.3 is 0 Å². The average Bonchev–Trinajstić information content (AvgIpc) is 2.79. The fourth-order valence-electron chi connectivity index (χ4n) is 2.37. The lowest BCUT2D eigenvalue weighted by Gasteiger charge is -2.16. The van der Waals surface area contributed by atoms with Crippen LogP contribution in [0.1, 0.15) is 31.7 Å². The highest BCUT2D eigenvalue weighted by molar-refractivity contribution is 7.89. The number of primary sulfonamides is 1. The van der Waals surface area contributed by atoms with Gasteiger partial charge in [-0.1, -0.05) is 25.5 Å². The van der Waals surface area contributed by atoms with Crippen LogP contribution in [0.5, 0.6) is 0 Å². The monoisotopic (exact) mass is 296 g/mol. The Bertz CT molecular complexity index is 581. The SMILES string of the molecule is CCCCc1ccc(N2CC(S(N)(=O)=O)CC2=O)cc1. The highest BCUT2D eigenvalue weighted by Gasteiger charge is 2.37. The number of anilines is 1. The number of amides is 1. The minimum Gasteiger partial charge on any atom is -0.311 e. The van der Waals surface area contributed by atoms with Gasteiger partial charge in [0.25, 0.3) is 0 Å². The third kappa shape index (κ3) is 3.37. The highest BCUT2D eigenvalue weighted by Crippen LogP contribution is 2.24. The number of nitrogens with two attached hydrogens (primary N) is 1. The van der Waals surface area contributed by atoms with Crippen molar-refractivity contribution in [3.8, 4) is 0 Å². The molecule has 0 aliphatic carbocycles. The van der Waals surface area contributed by atoms with E-state index in [0.717, 1.165) is 24.9 Å². The van der Waals surface area contributed by atoms with E-state index in [4.69, 9.17) is 5.14 Å². The molecule has 6 heteroatoms. The molecule has 1 atom stereocenters. The molecule has 2 rings (SSSR count). The van der Waals surface area contributed by atoms with E-state index in [1.54, 1.807) is 0 Å². The van der Waals surface area contributed by atoms with Crippen LogP contribution in [0.2, 0.25) is 0 Å². The van der Waals surface area contributed by atoms with Gasteiger partial charge in [0.05, 0.1) is 0 Å². The van der Waals surface area contributed by atoms with Gasteiger partial charge in [-0.25, -0.2) is 13.6 Å². The van der Waals surface area contributed by atoms with E-state index in [1.165, 1.54) is 10.5 Å². The third-order valence-electron chi connectivity index (χ3n) is 3.62. The lowest BCUT2D eigenvalue weighted by atomic mass is 10.1. The van der Waals surface area contributed by atoms with Crippen molar-refractivity contribution in [3.05, 3.63) is 29.8 Å². The van der Waals surface area contributed by atoms with E-state index >= 15 is 0 Å². The topological polar surface area (TPSA) is 80.5 Å². The largest absolute Gasteiger partial charge is 0.311 e. The summed E-state index contributed by atoms with van der Waals surface area (Å²) in [4.78, 5) is 13.4. The zero-order valence-electron chi connectivity index (χ0n) is 11.6. The number of aryl methyl sites for hydroxylation is 1. The van der Waals surface area contributed by atoms with Crippen LogP contribution in [0, 0.1) is 0 Å². The summed E-state index contributed by atoms with van der Waals surface area (Å²) < 4.78 is 22.7. The first-order chi connectivity index (χ1) is 9.41. The molecule has 20 heavy (non-hydrogen) atoms. The number of hydrogen-bond donors (Lipinski definition) is 1. The van der Waals surface area contributed by atoms with Gasteiger partial charge in [-0.05, 0) is 30.5 Å². The number of rotatable bonds is 5. The summed E-state index contributed by atoms with van der Waals surface area (Å²) in [5.41, 5.74) is 1.96. The van der Waals surface area contributed by atoms with Gasteiger partial charge in [-0.15, -0.1) is 0 Å². The Kier molecular flexibility index (Phi) is 4.45. The van der Waals surface area contributed by atoms with Crippen LogP contribution in [0.3, 0.4) is 0 Å². The molecule has 1 aromatic rings. The number of unbranched alkanes of at least 4 members (excludes halogenated alkanes) is 1. The van der Waals surface area contributed by atoms with Gasteiger partial charge in [0.2, 0.25) is 15.9 Å². The first-order valence-corrected chi connectivity index (χ1v) is 8.43. The average molecular weight is 296 g/mol. The molecule has 0 radical (unpaired) electrons. The van der Waals surface area contributed by atoms with Gasteiger partial charge in [0.15, 0.2) is 0 Å². The van der Waals surface area contributed by atoms with Crippen LogP contribution >= 0.6 is 0 Å². The quantitative estimate of drug-likeness (QED) is 0.892. The molecule has 1 fully saturated rings. The Balaban J connectivity index is 2.10. The molecule has 0 saturated carbocycles. The van der Waals surface area contributed by atoms with Crippen molar-refractivity contribution in [3.63, 3.8) is 0 Å². The molecule has 1 aromatic carbocycles. The molecule has 0 bridgehead atoms. The molecule has 110 valence electrons. The van der Waals surface area contributed by atoms with E-state index in [2.05, 4.69) is 6.92 Å². The van der Waals surface area contributed by atoms with Crippen molar-refractivity contribution in [2.24, 2.45) is 5.14 Å². The number of benzene rings is 1. The first kappa shape index (κ1) is 15.0. The highest BCUT2D eigenvalue weighted by atomic mass is 32.2. The summed E-state index contributed by atoms with van der Waals surface area (Å²) in [5, 5.41) is 4.32. The summed E-state index contributed by atoms with van der Waals surface area (Å²) >= 11 is 0. The Labute approximate surface area is 119 Å². The van der Waals surface area contributed by atoms with Crippen molar-refractivity contribution >= 4 is 21.6 Å². The molecule has 1 saturated heterocycles. The van der Waals surface area contributed by atoms with Crippen molar-refractivity contribution < 1.29 is 13.2 Å². The second-order valence-corrected chi connectivity index (χ2v) is 7.03. The molecule has 1 amide bonds. The van der Waals surface area contributed by atoms with Gasteiger partial charge in [0.1, 0.15) is 5.25 Å². The first-order valence-electron chi connectivity index (χ1n) is 6.82. The molecule has 2 N–H and O–H groups in total. The molecule has 1 heterocycles. The Hall–Kier alpha value is -1.40. The maximum absolute atomic E-state index is 11.9. The maximum atomic E-state index is 11.9. The van der Waals surface area contributed by atoms with E-state index in [1.807, 2.05) is 24.3 Å². The summed E-state index contributed by atoms with van der Waals surface area (Å²) in [6.45, 7) is 2.29. The molecule has 5 nitrogen and oxygen atoms in total. The number of carbonyl (C=O) groups excluding carboxylic acids is 1. The lowest BCUT2D eigenvalue weighted by molar-refractivity contribution is -0.117. The van der Waals surface area contributed by atoms with Crippen LogP contribution in [-0.4, -0.2) is 26.1 Å². The molecular formula is C14H20N2O3S. The summed E-state index contributed by atoms with van der Waals surface area (Å²) in [7, 11) is -3.66. The smallest absolute Gasteiger partial charge is 0.228 e. The third-order valence-corrected chi connectivity index (χ3v) is 4.87. The van der Waals surface area contributed by atoms with Gasteiger partial charge < -0.3 is 4.90 Å². The van der Waals surface area contributed by atoms with E-state index in [0.29, 0.717) is 0 Å². The maximum Gasteiger partial charge on any atom is 0.228 e. The van der Waals surface area contributed by atoms with E-state index < -0.39 is 15.3 Å². The van der Waals surface area contributed by atoms with Crippen molar-refractivity contribution in [2.75, 3.05) is 11.4 Å². The number of hydrogen-bond acceptors (Lipinski definition) is 3. The van der Waals surface area contributed by atoms with Crippen molar-refractivity contribution in [1.82, 2.24) is 0 Å². The summed E-state index contributed by atoms with van der Waals surface area (Å²) in [5.74, 6) is -0.190. The second kappa shape index (κ2) is 5.93. The zero-order chi connectivity index (χ0) is 14.8. The summed E-state index contributed by atoms with van der Waals surface area (Å²) in [6.07, 6.45) is 3.26. The van der Waals surface area contributed by atoms with E-state index in [9.17, 15) is 13.2 Å². The zero-order valence-corrected chi connectivity index (χ0v) is 12.4. The molecule has 1 aliphatic heterocycles. The predicted octanol–water partition coefficient (Wildman–Crippen LogP) is 1.42. The Morgan fingerprint density at radius 2 is 1.95 bits per heavy atom. The number of nitrogens with zero attached hydrogens (tertiary/aromatic N) is 1. The number of sulfonamides is 1. The minimum absolute atomic E-state index is 0.0313. The Morgan fingerprint density at radius 1 is 1.30 bits per heavy atom. The van der Waals surface area contributed by atoms with Crippen molar-refractivity contribution in [2.45, 2.75) is 37.9 Å².